The summed E-state index contributed by atoms with van der Waals surface area (Å²) in [7, 11) is 0. The summed E-state index contributed by atoms with van der Waals surface area (Å²) < 4.78 is 5.22. The topological polar surface area (TPSA) is 88.1 Å². The number of hydrogen-bond acceptors (Lipinski definition) is 6. The number of hydrogen-bond donors (Lipinski definition) is 1. The molecule has 1 aromatic heterocycles. The van der Waals surface area contributed by atoms with Crippen molar-refractivity contribution in [3.05, 3.63) is 52.7 Å². The molecule has 2 aromatic rings. The molecule has 27 heavy (non-hydrogen) atoms. The van der Waals surface area contributed by atoms with Crippen molar-refractivity contribution in [1.29, 1.82) is 0 Å². The van der Waals surface area contributed by atoms with Crippen molar-refractivity contribution < 1.29 is 19.1 Å². The molecule has 1 N–H and O–H groups in total. The number of anilines is 1. The molecule has 0 saturated heterocycles. The SMILES string of the molecule is CC(OC(=O)C1=NN(c2ccccc2)C(=O)CC1)C(=O)NCc1cccs1. The number of carbonyl (C=O) groups excluding carboxylic acids is 3. The number of nitrogens with one attached hydrogen (secondary N) is 1. The molecule has 1 aromatic carbocycles. The molecule has 1 aliphatic heterocycles. The Labute approximate surface area is 160 Å². The highest BCUT2D eigenvalue weighted by Crippen LogP contribution is 2.20. The van der Waals surface area contributed by atoms with Crippen LogP contribution in [0.1, 0.15) is 24.6 Å². The van der Waals surface area contributed by atoms with Crippen molar-refractivity contribution in [2.45, 2.75) is 32.4 Å². The zero-order valence-electron chi connectivity index (χ0n) is 14.8. The molecule has 7 nitrogen and oxygen atoms in total. The van der Waals surface area contributed by atoms with E-state index in [9.17, 15) is 14.4 Å². The number of thiophene rings is 1. The second-order valence-corrected chi connectivity index (χ2v) is 6.96. The highest BCUT2D eigenvalue weighted by Gasteiger charge is 2.28. The molecule has 0 fully saturated rings. The second kappa shape index (κ2) is 8.59. The van der Waals surface area contributed by atoms with Crippen molar-refractivity contribution in [3.8, 4) is 0 Å². The molecule has 2 heterocycles. The lowest BCUT2D eigenvalue weighted by atomic mass is 10.1. The highest BCUT2D eigenvalue weighted by molar-refractivity contribution is 7.09. The van der Waals surface area contributed by atoms with E-state index in [1.165, 1.54) is 23.3 Å². The minimum Gasteiger partial charge on any atom is -0.448 e. The Bertz CT molecular complexity index is 849. The van der Waals surface area contributed by atoms with Crippen molar-refractivity contribution in [1.82, 2.24) is 5.32 Å². The molecule has 8 heteroatoms. The van der Waals surface area contributed by atoms with Crippen molar-refractivity contribution in [3.63, 3.8) is 0 Å². The lowest BCUT2D eigenvalue weighted by molar-refractivity contribution is -0.148. The van der Waals surface area contributed by atoms with Crippen LogP contribution in [-0.2, 0) is 25.7 Å². The first-order valence-corrected chi connectivity index (χ1v) is 9.39. The molecule has 0 spiro atoms. The van der Waals surface area contributed by atoms with Gasteiger partial charge in [0, 0.05) is 17.7 Å². The summed E-state index contributed by atoms with van der Waals surface area (Å²) in [6.07, 6.45) is -0.616. The predicted molar refractivity (Wildman–Crippen MR) is 102 cm³/mol. The van der Waals surface area contributed by atoms with Crippen molar-refractivity contribution in [2.75, 3.05) is 5.01 Å². The van der Waals surface area contributed by atoms with Gasteiger partial charge in [-0.1, -0.05) is 24.3 Å². The lowest BCUT2D eigenvalue weighted by Crippen LogP contribution is -2.39. The molecule has 140 valence electrons. The summed E-state index contributed by atoms with van der Waals surface area (Å²) in [6, 6.07) is 12.7. The second-order valence-electron chi connectivity index (χ2n) is 5.93. The average molecular weight is 385 g/mol. The van der Waals surface area contributed by atoms with Crippen LogP contribution >= 0.6 is 11.3 Å². The van der Waals surface area contributed by atoms with Crippen LogP contribution in [0.3, 0.4) is 0 Å². The van der Waals surface area contributed by atoms with Crippen LogP contribution in [0.2, 0.25) is 0 Å². The average Bonchev–Trinajstić information content (AvgIpc) is 3.20. The van der Waals surface area contributed by atoms with Crippen LogP contribution in [0.4, 0.5) is 5.69 Å². The van der Waals surface area contributed by atoms with E-state index < -0.39 is 12.1 Å². The zero-order chi connectivity index (χ0) is 19.2. The third-order valence-corrected chi connectivity index (χ3v) is 4.82. The van der Waals surface area contributed by atoms with Gasteiger partial charge in [-0.15, -0.1) is 11.3 Å². The van der Waals surface area contributed by atoms with Crippen LogP contribution in [0.15, 0.2) is 52.9 Å². The number of esters is 1. The number of hydrazone groups is 1. The van der Waals surface area contributed by atoms with Gasteiger partial charge < -0.3 is 10.1 Å². The van der Waals surface area contributed by atoms with E-state index in [0.717, 1.165) is 4.88 Å². The van der Waals surface area contributed by atoms with Gasteiger partial charge in [-0.05, 0) is 30.5 Å². The molecule has 2 amide bonds. The van der Waals surface area contributed by atoms with E-state index in [2.05, 4.69) is 10.4 Å². The summed E-state index contributed by atoms with van der Waals surface area (Å²) in [5.41, 5.74) is 0.700. The third-order valence-electron chi connectivity index (χ3n) is 3.94. The summed E-state index contributed by atoms with van der Waals surface area (Å²) in [5, 5.41) is 9.97. The first-order chi connectivity index (χ1) is 13.0. The number of ether oxygens (including phenoxy) is 1. The smallest absolute Gasteiger partial charge is 0.355 e. The standard InChI is InChI=1S/C19H19N3O4S/c1-13(18(24)20-12-15-8-5-11-27-15)26-19(25)16-9-10-17(23)22(21-16)14-6-3-2-4-7-14/h2-8,11,13H,9-10,12H2,1H3,(H,20,24). The van der Waals surface area contributed by atoms with Crippen LogP contribution in [-0.4, -0.2) is 29.6 Å². The summed E-state index contributed by atoms with van der Waals surface area (Å²) in [6.45, 7) is 1.89. The van der Waals surface area contributed by atoms with E-state index in [0.29, 0.717) is 12.2 Å². The maximum atomic E-state index is 12.4. The number of benzene rings is 1. The van der Waals surface area contributed by atoms with Gasteiger partial charge in [0.05, 0.1) is 12.2 Å². The van der Waals surface area contributed by atoms with E-state index in [1.54, 1.807) is 24.3 Å². The van der Waals surface area contributed by atoms with E-state index in [1.807, 2.05) is 23.6 Å². The van der Waals surface area contributed by atoms with E-state index in [-0.39, 0.29) is 30.4 Å². The molecule has 0 aliphatic carbocycles. The first kappa shape index (κ1) is 18.8. The highest BCUT2D eigenvalue weighted by atomic mass is 32.1. The quantitative estimate of drug-likeness (QED) is 0.774. The number of para-hydroxylation sites is 1. The van der Waals surface area contributed by atoms with E-state index in [4.69, 9.17) is 4.74 Å². The normalized spacial score (nSPS) is 15.1. The summed E-state index contributed by atoms with van der Waals surface area (Å²) >= 11 is 1.53. The number of amides is 2. The van der Waals surface area contributed by atoms with Gasteiger partial charge >= 0.3 is 5.97 Å². The molecule has 0 saturated carbocycles. The van der Waals surface area contributed by atoms with Gasteiger partial charge in [-0.25, -0.2) is 9.80 Å². The van der Waals surface area contributed by atoms with Crippen molar-refractivity contribution in [2.24, 2.45) is 5.10 Å². The molecular weight excluding hydrogens is 366 g/mol. The lowest BCUT2D eigenvalue weighted by Gasteiger charge is -2.23. The maximum absolute atomic E-state index is 12.4. The third kappa shape index (κ3) is 4.79. The summed E-state index contributed by atoms with van der Waals surface area (Å²) in [5.74, 6) is -1.27. The number of nitrogens with zero attached hydrogens (tertiary/aromatic N) is 2. The van der Waals surface area contributed by atoms with Gasteiger partial charge in [0.1, 0.15) is 5.71 Å². The predicted octanol–water partition coefficient (Wildman–Crippen LogP) is 2.48. The van der Waals surface area contributed by atoms with Crippen molar-refractivity contribution >= 4 is 40.5 Å². The monoisotopic (exact) mass is 385 g/mol. The van der Waals surface area contributed by atoms with Crippen LogP contribution in [0, 0.1) is 0 Å². The maximum Gasteiger partial charge on any atom is 0.355 e. The van der Waals surface area contributed by atoms with Gasteiger partial charge in [0.2, 0.25) is 5.91 Å². The van der Waals surface area contributed by atoms with E-state index >= 15 is 0 Å². The Morgan fingerprint density at radius 3 is 2.70 bits per heavy atom. The fraction of sp³-hybridized carbons (Fsp3) is 0.263. The van der Waals surface area contributed by atoms with Crippen LogP contribution in [0.5, 0.6) is 0 Å². The molecule has 1 aliphatic rings. The van der Waals surface area contributed by atoms with Crippen LogP contribution in [0.25, 0.3) is 0 Å². The minimum absolute atomic E-state index is 0.122. The Hall–Kier alpha value is -3.00. The molecule has 0 radical (unpaired) electrons. The summed E-state index contributed by atoms with van der Waals surface area (Å²) in [4.78, 5) is 37.6. The molecule has 0 bridgehead atoms. The largest absolute Gasteiger partial charge is 0.448 e. The molecule has 1 unspecified atom stereocenters. The molecular formula is C19H19N3O4S. The number of rotatable bonds is 6. The fourth-order valence-electron chi connectivity index (χ4n) is 2.48. The van der Waals surface area contributed by atoms with Gasteiger partial charge in [-0.2, -0.15) is 5.10 Å². The Kier molecular flexibility index (Phi) is 5.97. The molecule has 1 atom stereocenters. The van der Waals surface area contributed by atoms with Gasteiger partial charge in [0.15, 0.2) is 6.10 Å². The van der Waals surface area contributed by atoms with Crippen LogP contribution < -0.4 is 10.3 Å². The first-order valence-electron chi connectivity index (χ1n) is 8.51. The zero-order valence-corrected chi connectivity index (χ0v) is 15.6. The fourth-order valence-corrected chi connectivity index (χ4v) is 3.13. The number of carbonyl (C=O) groups is 3. The minimum atomic E-state index is -0.956. The Morgan fingerprint density at radius 1 is 1.22 bits per heavy atom. The van der Waals surface area contributed by atoms with Gasteiger partial charge in [0.25, 0.3) is 5.91 Å². The molecule has 3 rings (SSSR count). The Morgan fingerprint density at radius 2 is 2.00 bits per heavy atom. The van der Waals surface area contributed by atoms with Gasteiger partial charge in [-0.3, -0.25) is 9.59 Å². The Balaban J connectivity index is 1.60.